The zero-order chi connectivity index (χ0) is 19.4. The predicted octanol–water partition coefficient (Wildman–Crippen LogP) is 3.59. The molecule has 1 aromatic heterocycles. The minimum absolute atomic E-state index is 0.0629. The summed E-state index contributed by atoms with van der Waals surface area (Å²) in [5, 5.41) is 3.40. The molecule has 4 N–H and O–H groups in total. The Morgan fingerprint density at radius 3 is 2.63 bits per heavy atom. The van der Waals surface area contributed by atoms with Gasteiger partial charge in [0.2, 0.25) is 15.3 Å². The van der Waals surface area contributed by atoms with E-state index >= 15 is 0 Å². The third kappa shape index (κ3) is 5.08. The molecular weight excluding hydrogens is 409 g/mol. The lowest BCUT2D eigenvalue weighted by molar-refractivity contribution is 0.581. The van der Waals surface area contributed by atoms with Crippen molar-refractivity contribution in [1.29, 1.82) is 0 Å². The van der Waals surface area contributed by atoms with E-state index in [1.807, 2.05) is 0 Å². The average Bonchev–Trinajstić information content (AvgIpc) is 2.64. The van der Waals surface area contributed by atoms with Gasteiger partial charge in [-0.1, -0.05) is 29.8 Å². The number of hydrogen-bond donors (Lipinski definition) is 3. The van der Waals surface area contributed by atoms with Crippen LogP contribution in [0.15, 0.2) is 59.6 Å². The van der Waals surface area contributed by atoms with Crippen molar-refractivity contribution in [2.45, 2.75) is 11.4 Å². The largest absolute Gasteiger partial charge is 0.399 e. The predicted molar refractivity (Wildman–Crippen MR) is 107 cm³/mol. The summed E-state index contributed by atoms with van der Waals surface area (Å²) in [6, 6.07) is 13.2. The summed E-state index contributed by atoms with van der Waals surface area (Å²) >= 11 is 11.8. The summed E-state index contributed by atoms with van der Waals surface area (Å²) in [7, 11) is -3.67. The number of nitrogens with two attached hydrogens (primary N) is 1. The van der Waals surface area contributed by atoms with Crippen LogP contribution in [0.3, 0.4) is 0 Å². The normalized spacial score (nSPS) is 11.3. The van der Waals surface area contributed by atoms with Crippen molar-refractivity contribution in [3.8, 4) is 0 Å². The van der Waals surface area contributed by atoms with Gasteiger partial charge < -0.3 is 11.1 Å². The van der Waals surface area contributed by atoms with Gasteiger partial charge in [0, 0.05) is 17.9 Å². The lowest BCUT2D eigenvalue weighted by Crippen LogP contribution is -2.23. The molecule has 2 aromatic carbocycles. The first-order valence-corrected chi connectivity index (χ1v) is 9.96. The number of hydrogen-bond acceptors (Lipinski definition) is 6. The lowest BCUT2D eigenvalue weighted by Gasteiger charge is -2.10. The summed E-state index contributed by atoms with van der Waals surface area (Å²) in [6.45, 7) is 0.102. The second-order valence-corrected chi connectivity index (χ2v) is 8.07. The van der Waals surface area contributed by atoms with Gasteiger partial charge in [-0.15, -0.1) is 0 Å². The zero-order valence-electron chi connectivity index (χ0n) is 13.9. The van der Waals surface area contributed by atoms with E-state index in [0.717, 1.165) is 5.56 Å². The summed E-state index contributed by atoms with van der Waals surface area (Å²) in [4.78, 5) is 7.92. The number of sulfonamides is 1. The highest BCUT2D eigenvalue weighted by molar-refractivity contribution is 7.89. The lowest BCUT2D eigenvalue weighted by atomic mass is 10.2. The van der Waals surface area contributed by atoms with Gasteiger partial charge in [0.25, 0.3) is 0 Å². The van der Waals surface area contributed by atoms with E-state index in [1.165, 1.54) is 18.3 Å². The molecule has 10 heteroatoms. The van der Waals surface area contributed by atoms with Gasteiger partial charge in [0.1, 0.15) is 5.02 Å². The number of aromatic nitrogens is 2. The first kappa shape index (κ1) is 19.4. The van der Waals surface area contributed by atoms with Gasteiger partial charge >= 0.3 is 0 Å². The zero-order valence-corrected chi connectivity index (χ0v) is 16.2. The number of halogens is 2. The first-order valence-electron chi connectivity index (χ1n) is 7.73. The van der Waals surface area contributed by atoms with Crippen LogP contribution in [0.4, 0.5) is 17.2 Å². The van der Waals surface area contributed by atoms with E-state index < -0.39 is 10.0 Å². The van der Waals surface area contributed by atoms with E-state index in [2.05, 4.69) is 20.0 Å². The maximum absolute atomic E-state index is 12.4. The van der Waals surface area contributed by atoms with Crippen molar-refractivity contribution in [3.05, 3.63) is 70.6 Å². The molecule has 140 valence electrons. The fraction of sp³-hybridized carbons (Fsp3) is 0.0588. The quantitative estimate of drug-likeness (QED) is 0.412. The Kier molecular flexibility index (Phi) is 5.81. The van der Waals surface area contributed by atoms with Crippen LogP contribution in [-0.4, -0.2) is 18.4 Å². The Balaban J connectivity index is 1.73. The van der Waals surface area contributed by atoms with Crippen molar-refractivity contribution < 1.29 is 8.42 Å². The number of anilines is 3. The Morgan fingerprint density at radius 2 is 1.85 bits per heavy atom. The van der Waals surface area contributed by atoms with Crippen LogP contribution in [-0.2, 0) is 16.6 Å². The second kappa shape index (κ2) is 8.10. The Morgan fingerprint density at radius 1 is 1.07 bits per heavy atom. The van der Waals surface area contributed by atoms with Crippen molar-refractivity contribution in [2.75, 3.05) is 11.1 Å². The molecule has 0 aliphatic heterocycles. The Bertz CT molecular complexity index is 1080. The van der Waals surface area contributed by atoms with E-state index in [1.54, 1.807) is 36.4 Å². The van der Waals surface area contributed by atoms with Crippen LogP contribution < -0.4 is 15.8 Å². The molecule has 0 fully saturated rings. The van der Waals surface area contributed by atoms with Crippen molar-refractivity contribution in [1.82, 2.24) is 14.7 Å². The van der Waals surface area contributed by atoms with Crippen molar-refractivity contribution in [2.24, 2.45) is 0 Å². The van der Waals surface area contributed by atoms with E-state index in [-0.39, 0.29) is 16.7 Å². The van der Waals surface area contributed by atoms with Gasteiger partial charge in [0.15, 0.2) is 5.82 Å². The topological polar surface area (TPSA) is 110 Å². The van der Waals surface area contributed by atoms with Gasteiger partial charge in [-0.05, 0) is 47.5 Å². The highest BCUT2D eigenvalue weighted by atomic mass is 35.5. The van der Waals surface area contributed by atoms with Gasteiger partial charge in [-0.25, -0.2) is 18.1 Å². The van der Waals surface area contributed by atoms with Crippen LogP contribution in [0.1, 0.15) is 5.56 Å². The van der Waals surface area contributed by atoms with Gasteiger partial charge in [-0.3, -0.25) is 0 Å². The van der Waals surface area contributed by atoms with Crippen LogP contribution in [0, 0.1) is 0 Å². The fourth-order valence-corrected chi connectivity index (χ4v) is 3.62. The Hall–Kier alpha value is -2.39. The number of rotatable bonds is 6. The molecule has 1 heterocycles. The summed E-state index contributed by atoms with van der Waals surface area (Å²) in [5.74, 6) is 0.356. The molecule has 0 radical (unpaired) electrons. The van der Waals surface area contributed by atoms with Crippen LogP contribution in [0.25, 0.3) is 0 Å². The maximum Gasteiger partial charge on any atom is 0.240 e. The number of benzene rings is 2. The van der Waals surface area contributed by atoms with Crippen molar-refractivity contribution >= 4 is 50.4 Å². The summed E-state index contributed by atoms with van der Waals surface area (Å²) < 4.78 is 27.3. The first-order chi connectivity index (χ1) is 12.8. The number of nitrogen functional groups attached to an aromatic ring is 1. The average molecular weight is 424 g/mol. The minimum Gasteiger partial charge on any atom is -0.399 e. The summed E-state index contributed by atoms with van der Waals surface area (Å²) in [5.41, 5.74) is 7.44. The number of nitrogens with one attached hydrogen (secondary N) is 2. The van der Waals surface area contributed by atoms with Crippen LogP contribution in [0.5, 0.6) is 0 Å². The maximum atomic E-state index is 12.4. The minimum atomic E-state index is -3.67. The van der Waals surface area contributed by atoms with E-state index in [4.69, 9.17) is 28.9 Å². The molecular formula is C17H15Cl2N5O2S. The molecule has 3 aromatic rings. The standard InChI is InChI=1S/C17H15Cl2N5O2S/c18-15-10-21-17(19)24-16(15)23-13-5-1-3-11(7-13)9-22-27(25,26)14-6-2-4-12(20)8-14/h1-8,10,22H,9,20H2,(H,21,23,24). The molecule has 3 rings (SSSR count). The highest BCUT2D eigenvalue weighted by Gasteiger charge is 2.14. The van der Waals surface area contributed by atoms with Crippen LogP contribution >= 0.6 is 23.2 Å². The molecule has 0 atom stereocenters. The second-order valence-electron chi connectivity index (χ2n) is 5.56. The van der Waals surface area contributed by atoms with E-state index in [0.29, 0.717) is 22.2 Å². The molecule has 0 aliphatic rings. The molecule has 0 bridgehead atoms. The Labute approximate surface area is 166 Å². The molecule has 0 aliphatic carbocycles. The monoisotopic (exact) mass is 423 g/mol. The molecule has 7 nitrogen and oxygen atoms in total. The van der Waals surface area contributed by atoms with Gasteiger partial charge in [-0.2, -0.15) is 4.98 Å². The SMILES string of the molecule is Nc1cccc(S(=O)(=O)NCc2cccc(Nc3nc(Cl)ncc3Cl)c2)c1. The molecule has 0 spiro atoms. The van der Waals surface area contributed by atoms with Crippen molar-refractivity contribution in [3.63, 3.8) is 0 Å². The smallest absolute Gasteiger partial charge is 0.240 e. The third-order valence-electron chi connectivity index (χ3n) is 3.54. The molecule has 0 saturated carbocycles. The summed E-state index contributed by atoms with van der Waals surface area (Å²) in [6.07, 6.45) is 1.39. The third-order valence-corrected chi connectivity index (χ3v) is 5.40. The number of nitrogens with zero attached hydrogens (tertiary/aromatic N) is 2. The fourth-order valence-electron chi connectivity index (χ4n) is 2.27. The molecule has 27 heavy (non-hydrogen) atoms. The van der Waals surface area contributed by atoms with Gasteiger partial charge in [0.05, 0.1) is 11.1 Å². The highest BCUT2D eigenvalue weighted by Crippen LogP contribution is 2.24. The molecule has 0 saturated heterocycles. The van der Waals surface area contributed by atoms with Crippen LogP contribution in [0.2, 0.25) is 10.3 Å². The van der Waals surface area contributed by atoms with E-state index in [9.17, 15) is 8.42 Å². The molecule has 0 unspecified atom stereocenters. The molecule has 0 amide bonds.